The summed E-state index contributed by atoms with van der Waals surface area (Å²) < 4.78 is 5.74. The molecule has 29 heavy (non-hydrogen) atoms. The monoisotopic (exact) mass is 411 g/mol. The van der Waals surface area contributed by atoms with E-state index in [1.165, 1.54) is 0 Å². The van der Waals surface area contributed by atoms with Crippen LogP contribution in [0, 0.1) is 6.92 Å². The Labute approximate surface area is 172 Å². The van der Waals surface area contributed by atoms with Crippen molar-refractivity contribution in [2.75, 3.05) is 10.6 Å². The average Bonchev–Trinajstić information content (AvgIpc) is 3.32. The third kappa shape index (κ3) is 3.04. The Morgan fingerprint density at radius 3 is 2.55 bits per heavy atom. The highest BCUT2D eigenvalue weighted by molar-refractivity contribution is 6.32. The molecule has 1 aliphatic heterocycles. The van der Waals surface area contributed by atoms with E-state index in [1.807, 2.05) is 33.8 Å². The molecule has 1 aromatic heterocycles. The van der Waals surface area contributed by atoms with Gasteiger partial charge in [-0.3, -0.25) is 14.4 Å². The number of rotatable bonds is 6. The summed E-state index contributed by atoms with van der Waals surface area (Å²) in [6.07, 6.45) is 0.622. The van der Waals surface area contributed by atoms with Crippen LogP contribution in [0.3, 0.4) is 0 Å². The van der Waals surface area contributed by atoms with E-state index in [0.717, 1.165) is 5.76 Å². The second kappa shape index (κ2) is 6.81. The van der Waals surface area contributed by atoms with E-state index in [-0.39, 0.29) is 17.3 Å². The minimum Gasteiger partial charge on any atom is -0.465 e. The maximum Gasteiger partial charge on any atom is 0.254 e. The van der Waals surface area contributed by atoms with Gasteiger partial charge < -0.3 is 20.4 Å². The Hall–Kier alpha value is -3.00. The second-order valence-corrected chi connectivity index (χ2v) is 7.79. The molecule has 0 spiro atoms. The number of anilines is 3. The third-order valence-corrected chi connectivity index (χ3v) is 5.82. The minimum absolute atomic E-state index is 0.127. The van der Waals surface area contributed by atoms with Crippen molar-refractivity contribution in [3.05, 3.63) is 72.4 Å². The Kier molecular flexibility index (Phi) is 4.54. The Morgan fingerprint density at radius 1 is 1.17 bits per heavy atom. The first-order chi connectivity index (χ1) is 13.7. The quantitative estimate of drug-likeness (QED) is 0.424. The van der Waals surface area contributed by atoms with Crippen molar-refractivity contribution in [2.24, 2.45) is 0 Å². The molecule has 3 aromatic rings. The predicted molar refractivity (Wildman–Crippen MR) is 115 cm³/mol. The molecule has 1 aliphatic rings. The zero-order valence-corrected chi connectivity index (χ0v) is 17.0. The van der Waals surface area contributed by atoms with Crippen LogP contribution in [0.4, 0.5) is 17.1 Å². The molecule has 3 N–H and O–H groups in total. The van der Waals surface area contributed by atoms with Gasteiger partial charge in [0.05, 0.1) is 16.7 Å². The molecular formula is C20H19BClN3O4. The molecule has 0 saturated carbocycles. The predicted octanol–water partition coefficient (Wildman–Crippen LogP) is 2.13. The first-order valence-electron chi connectivity index (χ1n) is 9.30. The number of furan rings is 1. The van der Waals surface area contributed by atoms with E-state index in [1.54, 1.807) is 12.1 Å². The Morgan fingerprint density at radius 2 is 1.90 bits per heavy atom. The Balaban J connectivity index is 1.70. The average molecular weight is 412 g/mol. The molecule has 0 radical (unpaired) electrons. The van der Waals surface area contributed by atoms with Gasteiger partial charge in [0.25, 0.3) is 16.8 Å². The van der Waals surface area contributed by atoms with Crippen LogP contribution in [0.5, 0.6) is 0 Å². The van der Waals surface area contributed by atoms with Gasteiger partial charge in [-0.2, -0.15) is 0 Å². The number of amides is 1. The molecule has 0 bridgehead atoms. The van der Waals surface area contributed by atoms with Crippen LogP contribution in [-0.4, -0.2) is 13.8 Å². The molecule has 0 aliphatic carbocycles. The molecule has 2 heterocycles. The number of aryl methyl sites for hydroxylation is 1. The van der Waals surface area contributed by atoms with Crippen molar-refractivity contribution in [2.45, 2.75) is 32.3 Å². The number of benzene rings is 1. The van der Waals surface area contributed by atoms with E-state index in [4.69, 9.17) is 16.0 Å². The molecule has 1 amide bonds. The summed E-state index contributed by atoms with van der Waals surface area (Å²) in [5, 5.41) is 9.33. The van der Waals surface area contributed by atoms with Gasteiger partial charge in [-0.15, -0.1) is 0 Å². The summed E-state index contributed by atoms with van der Waals surface area (Å²) in [5.74, 6) is 1.15. The molecule has 7 nitrogen and oxygen atoms in total. The SMILES string of the molecule is B[C@](CC)(Nc1c(Nc2ccc(Cl)c3c2C(=O)NC3)c(=O)c1=O)c1ccc(C)o1. The van der Waals surface area contributed by atoms with Gasteiger partial charge in [0.15, 0.2) is 0 Å². The standard InChI is InChI=1S/C20H19BClN3O4/c1-3-20(21,13-7-4-9(2)29-13)25-16-15(17(26)18(16)27)24-12-6-5-11(22)10-8-23-19(28)14(10)12/h4-7,24-25H,3,8,21H2,1-2H3,(H,23,28)/t20-/m1/s1. The Bertz CT molecular complexity index is 1210. The zero-order valence-electron chi connectivity index (χ0n) is 16.2. The van der Waals surface area contributed by atoms with Crippen LogP contribution in [0.25, 0.3) is 0 Å². The molecule has 4 rings (SSSR count). The lowest BCUT2D eigenvalue weighted by Crippen LogP contribution is -2.44. The first kappa shape index (κ1) is 19.3. The lowest BCUT2D eigenvalue weighted by Gasteiger charge is -2.30. The fraction of sp³-hybridized carbons (Fsp3) is 0.250. The molecule has 148 valence electrons. The van der Waals surface area contributed by atoms with Crippen LogP contribution in [0.2, 0.25) is 5.02 Å². The number of carbonyl (C=O) groups excluding carboxylic acids is 1. The van der Waals surface area contributed by atoms with Gasteiger partial charge in [-0.1, -0.05) is 18.5 Å². The maximum atomic E-state index is 12.3. The van der Waals surface area contributed by atoms with E-state index < -0.39 is 16.3 Å². The maximum absolute atomic E-state index is 12.3. The van der Waals surface area contributed by atoms with Gasteiger partial charge in [0.1, 0.15) is 30.7 Å². The number of carbonyl (C=O) groups is 1. The molecule has 2 aromatic carbocycles. The normalized spacial score (nSPS) is 15.1. The molecule has 0 fully saturated rings. The van der Waals surface area contributed by atoms with Gasteiger partial charge in [0.2, 0.25) is 0 Å². The molecule has 1 atom stereocenters. The highest BCUT2D eigenvalue weighted by Crippen LogP contribution is 2.35. The summed E-state index contributed by atoms with van der Waals surface area (Å²) in [7, 11) is 1.90. The van der Waals surface area contributed by atoms with Gasteiger partial charge in [-0.25, -0.2) is 0 Å². The summed E-state index contributed by atoms with van der Waals surface area (Å²) >= 11 is 6.17. The summed E-state index contributed by atoms with van der Waals surface area (Å²) in [4.78, 5) is 36.8. The lowest BCUT2D eigenvalue weighted by molar-refractivity contribution is 0.0966. The number of halogens is 1. The van der Waals surface area contributed by atoms with Crippen molar-refractivity contribution in [1.82, 2.24) is 5.32 Å². The molecular weight excluding hydrogens is 393 g/mol. The number of nitrogens with one attached hydrogen (secondary N) is 3. The van der Waals surface area contributed by atoms with Crippen LogP contribution in [0.15, 0.2) is 38.3 Å². The van der Waals surface area contributed by atoms with Gasteiger partial charge in [-0.05, 0) is 37.6 Å². The van der Waals surface area contributed by atoms with Gasteiger partial charge >= 0.3 is 0 Å². The van der Waals surface area contributed by atoms with Crippen LogP contribution >= 0.6 is 11.6 Å². The van der Waals surface area contributed by atoms with Gasteiger partial charge in [0, 0.05) is 17.1 Å². The highest BCUT2D eigenvalue weighted by Gasteiger charge is 2.34. The molecule has 0 unspecified atom stereocenters. The van der Waals surface area contributed by atoms with E-state index in [2.05, 4.69) is 16.0 Å². The van der Waals surface area contributed by atoms with Crippen molar-refractivity contribution in [3.8, 4) is 0 Å². The summed E-state index contributed by atoms with van der Waals surface area (Å²) in [6, 6.07) is 6.98. The second-order valence-electron chi connectivity index (χ2n) is 7.39. The topological polar surface area (TPSA) is 100 Å². The summed E-state index contributed by atoms with van der Waals surface area (Å²) in [6.45, 7) is 4.13. The number of hydrogen-bond donors (Lipinski definition) is 3. The smallest absolute Gasteiger partial charge is 0.254 e. The highest BCUT2D eigenvalue weighted by atomic mass is 35.5. The third-order valence-electron chi connectivity index (χ3n) is 5.47. The van der Waals surface area contributed by atoms with Crippen molar-refractivity contribution in [1.29, 1.82) is 0 Å². The zero-order chi connectivity index (χ0) is 20.9. The van der Waals surface area contributed by atoms with E-state index in [9.17, 15) is 14.4 Å². The van der Waals surface area contributed by atoms with Crippen molar-refractivity contribution < 1.29 is 9.21 Å². The largest absolute Gasteiger partial charge is 0.465 e. The lowest BCUT2D eigenvalue weighted by atomic mass is 9.73. The fourth-order valence-electron chi connectivity index (χ4n) is 3.51. The van der Waals surface area contributed by atoms with Crippen molar-refractivity contribution >= 4 is 42.4 Å². The van der Waals surface area contributed by atoms with E-state index >= 15 is 0 Å². The fourth-order valence-corrected chi connectivity index (χ4v) is 3.74. The van der Waals surface area contributed by atoms with Crippen LogP contribution < -0.4 is 26.8 Å². The molecule has 0 saturated heterocycles. The number of fused-ring (bicyclic) bond motifs is 1. The molecule has 9 heteroatoms. The van der Waals surface area contributed by atoms with Crippen LogP contribution in [-0.2, 0) is 12.0 Å². The van der Waals surface area contributed by atoms with Crippen molar-refractivity contribution in [3.63, 3.8) is 0 Å². The minimum atomic E-state index is -0.674. The number of hydrogen-bond acceptors (Lipinski definition) is 6. The summed E-state index contributed by atoms with van der Waals surface area (Å²) in [5.41, 5.74) is -0.129. The van der Waals surface area contributed by atoms with Crippen LogP contribution in [0.1, 0.15) is 40.8 Å². The first-order valence-corrected chi connectivity index (χ1v) is 9.68. The van der Waals surface area contributed by atoms with E-state index in [0.29, 0.717) is 40.6 Å².